The lowest BCUT2D eigenvalue weighted by molar-refractivity contribution is 0.821. The molecular weight excluding hydrogens is 238 g/mol. The van der Waals surface area contributed by atoms with Gasteiger partial charge in [-0.3, -0.25) is 0 Å². The molecule has 3 aromatic rings. The Morgan fingerprint density at radius 1 is 1.37 bits per heavy atom. The zero-order valence-electron chi connectivity index (χ0n) is 10.9. The van der Waals surface area contributed by atoms with E-state index < -0.39 is 0 Å². The zero-order chi connectivity index (χ0) is 13.2. The lowest BCUT2D eigenvalue weighted by Crippen LogP contribution is -2.02. The molecule has 5 heteroatoms. The predicted molar refractivity (Wildman–Crippen MR) is 74.9 cm³/mol. The smallest absolute Gasteiger partial charge is 0.136 e. The molecule has 0 saturated heterocycles. The second kappa shape index (κ2) is 4.85. The van der Waals surface area contributed by atoms with E-state index in [2.05, 4.69) is 33.4 Å². The molecular formula is C14H17N5. The molecule has 0 atom stereocenters. The summed E-state index contributed by atoms with van der Waals surface area (Å²) in [6, 6.07) is 6.45. The second-order valence-corrected chi connectivity index (χ2v) is 4.77. The van der Waals surface area contributed by atoms with Crippen LogP contribution in [-0.4, -0.2) is 26.3 Å². The summed E-state index contributed by atoms with van der Waals surface area (Å²) in [5.74, 6) is 0.968. The number of H-pyrrole nitrogens is 1. The van der Waals surface area contributed by atoms with Crippen LogP contribution < -0.4 is 5.73 Å². The van der Waals surface area contributed by atoms with Gasteiger partial charge in [0.15, 0.2) is 0 Å². The Balaban J connectivity index is 1.96. The number of benzene rings is 1. The van der Waals surface area contributed by atoms with E-state index in [9.17, 15) is 0 Å². The van der Waals surface area contributed by atoms with Crippen molar-refractivity contribution in [1.82, 2.24) is 19.7 Å². The first-order valence-corrected chi connectivity index (χ1v) is 6.40. The highest BCUT2D eigenvalue weighted by atomic mass is 15.2. The number of nitrogens with zero attached hydrogens (tertiary/aromatic N) is 3. The molecule has 0 fully saturated rings. The van der Waals surface area contributed by atoms with Gasteiger partial charge >= 0.3 is 0 Å². The molecule has 0 unspecified atom stereocenters. The van der Waals surface area contributed by atoms with Crippen molar-refractivity contribution in [2.24, 2.45) is 12.8 Å². The van der Waals surface area contributed by atoms with Crippen molar-refractivity contribution in [3.8, 4) is 0 Å². The maximum absolute atomic E-state index is 5.64. The van der Waals surface area contributed by atoms with E-state index in [1.807, 2.05) is 17.8 Å². The Morgan fingerprint density at radius 2 is 2.26 bits per heavy atom. The molecule has 2 heterocycles. The highest BCUT2D eigenvalue weighted by Crippen LogP contribution is 2.21. The van der Waals surface area contributed by atoms with Crippen LogP contribution >= 0.6 is 0 Å². The highest BCUT2D eigenvalue weighted by Gasteiger charge is 2.07. The number of aryl methyl sites for hydroxylation is 1. The maximum atomic E-state index is 5.64. The van der Waals surface area contributed by atoms with Crippen LogP contribution in [0.3, 0.4) is 0 Å². The number of nitrogens with one attached hydrogen (secondary N) is 1. The summed E-state index contributed by atoms with van der Waals surface area (Å²) in [6.45, 7) is 0.667. The van der Waals surface area contributed by atoms with Gasteiger partial charge in [-0.1, -0.05) is 6.07 Å². The summed E-state index contributed by atoms with van der Waals surface area (Å²) in [6.07, 6.45) is 5.46. The molecule has 1 aromatic carbocycles. The standard InChI is InChI=1S/C14H17N5/c1-19-9-17-18-14(19)7-10-2-3-13-12(6-10)11(4-5-15)8-16-13/h2-3,6,8-9,16H,4-5,7,15H2,1H3. The SMILES string of the molecule is Cn1cnnc1Cc1ccc2[nH]cc(CCN)c2c1. The zero-order valence-corrected chi connectivity index (χ0v) is 10.9. The molecule has 3 rings (SSSR count). The molecule has 0 amide bonds. The summed E-state index contributed by atoms with van der Waals surface area (Å²) in [4.78, 5) is 3.28. The average molecular weight is 255 g/mol. The van der Waals surface area contributed by atoms with E-state index in [1.54, 1.807) is 6.33 Å². The molecule has 0 spiro atoms. The van der Waals surface area contributed by atoms with Crippen molar-refractivity contribution >= 4 is 10.9 Å². The molecule has 2 aromatic heterocycles. The largest absolute Gasteiger partial charge is 0.361 e. The van der Waals surface area contributed by atoms with Crippen LogP contribution in [0.15, 0.2) is 30.7 Å². The van der Waals surface area contributed by atoms with Gasteiger partial charge in [-0.2, -0.15) is 0 Å². The van der Waals surface area contributed by atoms with Crippen molar-refractivity contribution in [1.29, 1.82) is 0 Å². The lowest BCUT2D eigenvalue weighted by atomic mass is 10.1. The Labute approximate surface area is 111 Å². The molecule has 0 bridgehead atoms. The third kappa shape index (κ3) is 2.24. The number of rotatable bonds is 4. The number of aromatic amines is 1. The third-order valence-electron chi connectivity index (χ3n) is 3.41. The van der Waals surface area contributed by atoms with Gasteiger partial charge in [-0.15, -0.1) is 10.2 Å². The van der Waals surface area contributed by atoms with Crippen molar-refractivity contribution < 1.29 is 0 Å². The molecule has 5 nitrogen and oxygen atoms in total. The quantitative estimate of drug-likeness (QED) is 0.740. The van der Waals surface area contributed by atoms with Gasteiger partial charge in [0.05, 0.1) is 0 Å². The van der Waals surface area contributed by atoms with Crippen molar-refractivity contribution in [3.63, 3.8) is 0 Å². The molecule has 98 valence electrons. The molecule has 0 aliphatic heterocycles. The second-order valence-electron chi connectivity index (χ2n) is 4.77. The summed E-state index contributed by atoms with van der Waals surface area (Å²) in [7, 11) is 1.96. The van der Waals surface area contributed by atoms with E-state index in [-0.39, 0.29) is 0 Å². The number of fused-ring (bicyclic) bond motifs is 1. The van der Waals surface area contributed by atoms with Gasteiger partial charge in [0, 0.05) is 30.6 Å². The maximum Gasteiger partial charge on any atom is 0.136 e. The summed E-state index contributed by atoms with van der Waals surface area (Å²) < 4.78 is 1.95. The van der Waals surface area contributed by atoms with Crippen molar-refractivity contribution in [3.05, 3.63) is 47.7 Å². The fourth-order valence-electron chi connectivity index (χ4n) is 2.35. The van der Waals surface area contributed by atoms with Crippen LogP contribution in [0.25, 0.3) is 10.9 Å². The van der Waals surface area contributed by atoms with Crippen LogP contribution in [0.2, 0.25) is 0 Å². The summed E-state index contributed by atoms with van der Waals surface area (Å²) >= 11 is 0. The van der Waals surface area contributed by atoms with E-state index in [0.717, 1.165) is 24.2 Å². The minimum atomic E-state index is 0.667. The van der Waals surface area contributed by atoms with Crippen LogP contribution in [0.5, 0.6) is 0 Å². The monoisotopic (exact) mass is 255 g/mol. The van der Waals surface area contributed by atoms with Gasteiger partial charge < -0.3 is 15.3 Å². The third-order valence-corrected chi connectivity index (χ3v) is 3.41. The summed E-state index contributed by atoms with van der Waals surface area (Å²) in [5, 5.41) is 9.28. The minimum Gasteiger partial charge on any atom is -0.361 e. The fourth-order valence-corrected chi connectivity index (χ4v) is 2.35. The number of nitrogens with two attached hydrogens (primary N) is 1. The van der Waals surface area contributed by atoms with Crippen molar-refractivity contribution in [2.75, 3.05) is 6.54 Å². The Bertz CT molecular complexity index is 695. The average Bonchev–Trinajstić information content (AvgIpc) is 2.98. The van der Waals surface area contributed by atoms with Crippen LogP contribution in [0.4, 0.5) is 0 Å². The fraction of sp³-hybridized carbons (Fsp3) is 0.286. The van der Waals surface area contributed by atoms with Gasteiger partial charge in [0.2, 0.25) is 0 Å². The van der Waals surface area contributed by atoms with Crippen molar-refractivity contribution in [2.45, 2.75) is 12.8 Å². The number of hydrogen-bond acceptors (Lipinski definition) is 3. The summed E-state index contributed by atoms with van der Waals surface area (Å²) in [5.41, 5.74) is 9.31. The first kappa shape index (κ1) is 11.9. The van der Waals surface area contributed by atoms with Gasteiger partial charge in [0.25, 0.3) is 0 Å². The van der Waals surface area contributed by atoms with E-state index in [4.69, 9.17) is 5.73 Å². The van der Waals surface area contributed by atoms with Crippen LogP contribution in [-0.2, 0) is 19.9 Å². The molecule has 0 saturated carbocycles. The van der Waals surface area contributed by atoms with Crippen LogP contribution in [0, 0.1) is 0 Å². The lowest BCUT2D eigenvalue weighted by Gasteiger charge is -2.03. The van der Waals surface area contributed by atoms with E-state index in [1.165, 1.54) is 16.5 Å². The number of hydrogen-bond donors (Lipinski definition) is 2. The topological polar surface area (TPSA) is 72.5 Å². The van der Waals surface area contributed by atoms with Gasteiger partial charge in [-0.05, 0) is 36.2 Å². The Hall–Kier alpha value is -2.14. The van der Waals surface area contributed by atoms with E-state index >= 15 is 0 Å². The molecule has 0 aliphatic rings. The normalized spacial score (nSPS) is 11.3. The molecule has 19 heavy (non-hydrogen) atoms. The Kier molecular flexibility index (Phi) is 3.05. The molecule has 3 N–H and O–H groups in total. The van der Waals surface area contributed by atoms with Gasteiger partial charge in [0.1, 0.15) is 12.2 Å². The van der Waals surface area contributed by atoms with E-state index in [0.29, 0.717) is 6.54 Å². The highest BCUT2D eigenvalue weighted by molar-refractivity contribution is 5.84. The van der Waals surface area contributed by atoms with Gasteiger partial charge in [-0.25, -0.2) is 0 Å². The molecule has 0 radical (unpaired) electrons. The first-order valence-electron chi connectivity index (χ1n) is 6.40. The molecule has 0 aliphatic carbocycles. The minimum absolute atomic E-state index is 0.667. The predicted octanol–water partition coefficient (Wildman–Crippen LogP) is 1.39. The van der Waals surface area contributed by atoms with Crippen LogP contribution in [0.1, 0.15) is 17.0 Å². The Morgan fingerprint density at radius 3 is 3.00 bits per heavy atom. The first-order chi connectivity index (χ1) is 9.28. The number of aromatic nitrogens is 4.